The van der Waals surface area contributed by atoms with Crippen LogP contribution in [0.1, 0.15) is 54.9 Å². The summed E-state index contributed by atoms with van der Waals surface area (Å²) in [4.78, 5) is 12.1. The molecular formula is C24H28N2O3. The van der Waals surface area contributed by atoms with Gasteiger partial charge in [0.25, 0.3) is 5.91 Å². The zero-order valence-electron chi connectivity index (χ0n) is 17.7. The SMILES string of the molecule is CCNC(=O)c1cc(-c2cc(C(C)(C)C)c(C)cc2OCc2ccccc2)on1. The molecule has 1 heterocycles. The fourth-order valence-electron chi connectivity index (χ4n) is 3.30. The van der Waals surface area contributed by atoms with Crippen LogP contribution in [-0.2, 0) is 12.0 Å². The van der Waals surface area contributed by atoms with Crippen LogP contribution in [0.25, 0.3) is 11.3 Å². The van der Waals surface area contributed by atoms with Crippen LogP contribution < -0.4 is 10.1 Å². The van der Waals surface area contributed by atoms with E-state index in [4.69, 9.17) is 9.26 Å². The molecule has 0 aliphatic carbocycles. The van der Waals surface area contributed by atoms with Crippen molar-refractivity contribution in [3.63, 3.8) is 0 Å². The predicted molar refractivity (Wildman–Crippen MR) is 114 cm³/mol. The Morgan fingerprint density at radius 3 is 2.52 bits per heavy atom. The van der Waals surface area contributed by atoms with Crippen LogP contribution in [0.5, 0.6) is 5.75 Å². The number of hydrogen-bond acceptors (Lipinski definition) is 4. The first kappa shape index (κ1) is 20.6. The highest BCUT2D eigenvalue weighted by atomic mass is 16.5. The van der Waals surface area contributed by atoms with Crippen LogP contribution in [0, 0.1) is 6.92 Å². The Bertz CT molecular complexity index is 985. The van der Waals surface area contributed by atoms with Crippen molar-refractivity contribution < 1.29 is 14.1 Å². The van der Waals surface area contributed by atoms with Crippen LogP contribution in [0.3, 0.4) is 0 Å². The Labute approximate surface area is 172 Å². The largest absolute Gasteiger partial charge is 0.488 e. The topological polar surface area (TPSA) is 64.4 Å². The average Bonchev–Trinajstić information content (AvgIpc) is 3.16. The number of hydrogen-bond donors (Lipinski definition) is 1. The molecule has 1 amide bonds. The van der Waals surface area contributed by atoms with E-state index in [-0.39, 0.29) is 17.0 Å². The van der Waals surface area contributed by atoms with Gasteiger partial charge in [-0.25, -0.2) is 0 Å². The lowest BCUT2D eigenvalue weighted by Gasteiger charge is -2.24. The summed E-state index contributed by atoms with van der Waals surface area (Å²) in [6.45, 7) is 11.4. The van der Waals surface area contributed by atoms with E-state index in [1.165, 1.54) is 5.56 Å². The lowest BCUT2D eigenvalue weighted by atomic mass is 9.82. The maximum atomic E-state index is 12.1. The van der Waals surface area contributed by atoms with E-state index in [0.717, 1.165) is 16.7 Å². The van der Waals surface area contributed by atoms with Gasteiger partial charge in [0.15, 0.2) is 11.5 Å². The molecule has 5 nitrogen and oxygen atoms in total. The number of carbonyl (C=O) groups is 1. The molecule has 0 radical (unpaired) electrons. The normalized spacial score (nSPS) is 11.3. The number of nitrogens with one attached hydrogen (secondary N) is 1. The van der Waals surface area contributed by atoms with E-state index in [2.05, 4.69) is 44.2 Å². The van der Waals surface area contributed by atoms with E-state index in [9.17, 15) is 4.79 Å². The summed E-state index contributed by atoms with van der Waals surface area (Å²) in [5.41, 5.74) is 4.42. The quantitative estimate of drug-likeness (QED) is 0.620. The summed E-state index contributed by atoms with van der Waals surface area (Å²) in [6.07, 6.45) is 0. The lowest BCUT2D eigenvalue weighted by Crippen LogP contribution is -2.22. The van der Waals surface area contributed by atoms with Gasteiger partial charge in [-0.15, -0.1) is 0 Å². The van der Waals surface area contributed by atoms with Gasteiger partial charge in [0.05, 0.1) is 5.56 Å². The number of benzene rings is 2. The summed E-state index contributed by atoms with van der Waals surface area (Å²) >= 11 is 0. The number of aryl methyl sites for hydroxylation is 1. The van der Waals surface area contributed by atoms with E-state index < -0.39 is 0 Å². The molecule has 0 saturated heterocycles. The molecule has 0 aliphatic rings. The van der Waals surface area contributed by atoms with Crippen molar-refractivity contribution in [2.24, 2.45) is 0 Å². The molecule has 1 N–H and O–H groups in total. The van der Waals surface area contributed by atoms with Crippen molar-refractivity contribution in [2.75, 3.05) is 6.54 Å². The third-order valence-corrected chi connectivity index (χ3v) is 4.72. The zero-order valence-corrected chi connectivity index (χ0v) is 17.7. The summed E-state index contributed by atoms with van der Waals surface area (Å²) in [7, 11) is 0. The van der Waals surface area contributed by atoms with Gasteiger partial charge in [-0.05, 0) is 48.1 Å². The van der Waals surface area contributed by atoms with Gasteiger partial charge >= 0.3 is 0 Å². The van der Waals surface area contributed by atoms with Crippen LogP contribution in [0.2, 0.25) is 0 Å². The number of rotatable bonds is 6. The molecular weight excluding hydrogens is 364 g/mol. The molecule has 2 aromatic carbocycles. The predicted octanol–water partition coefficient (Wildman–Crippen LogP) is 5.28. The van der Waals surface area contributed by atoms with E-state index in [0.29, 0.717) is 24.7 Å². The molecule has 29 heavy (non-hydrogen) atoms. The van der Waals surface area contributed by atoms with Gasteiger partial charge in [0, 0.05) is 12.6 Å². The second-order valence-corrected chi connectivity index (χ2v) is 8.12. The molecule has 0 spiro atoms. The highest BCUT2D eigenvalue weighted by molar-refractivity contribution is 5.93. The minimum absolute atomic E-state index is 0.0424. The molecule has 152 valence electrons. The number of ether oxygens (including phenoxy) is 1. The maximum Gasteiger partial charge on any atom is 0.273 e. The molecule has 0 unspecified atom stereocenters. The number of nitrogens with zero attached hydrogens (tertiary/aromatic N) is 1. The van der Waals surface area contributed by atoms with E-state index in [1.807, 2.05) is 43.3 Å². The first-order chi connectivity index (χ1) is 13.8. The fourth-order valence-corrected chi connectivity index (χ4v) is 3.30. The van der Waals surface area contributed by atoms with Gasteiger partial charge in [0.2, 0.25) is 0 Å². The Hall–Kier alpha value is -3.08. The summed E-state index contributed by atoms with van der Waals surface area (Å²) < 4.78 is 11.7. The molecule has 3 aromatic rings. The third kappa shape index (κ3) is 4.86. The van der Waals surface area contributed by atoms with E-state index in [1.54, 1.807) is 6.07 Å². The third-order valence-electron chi connectivity index (χ3n) is 4.72. The van der Waals surface area contributed by atoms with Crippen LogP contribution in [-0.4, -0.2) is 17.6 Å². The van der Waals surface area contributed by atoms with Crippen LogP contribution in [0.4, 0.5) is 0 Å². The second-order valence-electron chi connectivity index (χ2n) is 8.12. The van der Waals surface area contributed by atoms with Crippen molar-refractivity contribution in [1.29, 1.82) is 0 Å². The standard InChI is InChI=1S/C24H28N2O3/c1-6-25-23(27)20-14-22(29-26-20)18-13-19(24(3,4)5)16(2)12-21(18)28-15-17-10-8-7-9-11-17/h7-14H,6,15H2,1-5H3,(H,25,27). The molecule has 3 rings (SSSR count). The highest BCUT2D eigenvalue weighted by Gasteiger charge is 2.22. The molecule has 5 heteroatoms. The van der Waals surface area contributed by atoms with Gasteiger partial charge in [-0.3, -0.25) is 4.79 Å². The highest BCUT2D eigenvalue weighted by Crippen LogP contribution is 2.38. The summed E-state index contributed by atoms with van der Waals surface area (Å²) in [5, 5.41) is 6.68. The molecule has 0 aliphatic heterocycles. The van der Waals surface area contributed by atoms with Gasteiger partial charge in [-0.2, -0.15) is 0 Å². The average molecular weight is 392 g/mol. The number of aromatic nitrogens is 1. The monoisotopic (exact) mass is 392 g/mol. The molecule has 1 aromatic heterocycles. The van der Waals surface area contributed by atoms with Crippen molar-refractivity contribution in [1.82, 2.24) is 10.5 Å². The molecule has 0 fully saturated rings. The fraction of sp³-hybridized carbons (Fsp3) is 0.333. The Morgan fingerprint density at radius 2 is 1.86 bits per heavy atom. The Balaban J connectivity index is 2.01. The summed E-state index contributed by atoms with van der Waals surface area (Å²) in [5.74, 6) is 0.968. The van der Waals surface area contributed by atoms with Crippen molar-refractivity contribution >= 4 is 5.91 Å². The minimum atomic E-state index is -0.252. The first-order valence-corrected chi connectivity index (χ1v) is 9.86. The lowest BCUT2D eigenvalue weighted by molar-refractivity contribution is 0.0947. The van der Waals surface area contributed by atoms with E-state index >= 15 is 0 Å². The molecule has 0 atom stereocenters. The minimum Gasteiger partial charge on any atom is -0.488 e. The Morgan fingerprint density at radius 1 is 1.14 bits per heavy atom. The molecule has 0 saturated carbocycles. The summed E-state index contributed by atoms with van der Waals surface area (Å²) in [6, 6.07) is 15.8. The van der Waals surface area contributed by atoms with Crippen molar-refractivity contribution in [3.8, 4) is 17.1 Å². The van der Waals surface area contributed by atoms with Crippen molar-refractivity contribution in [3.05, 3.63) is 70.9 Å². The number of carbonyl (C=O) groups excluding carboxylic acids is 1. The van der Waals surface area contributed by atoms with Crippen LogP contribution >= 0.6 is 0 Å². The Kier molecular flexibility index (Phi) is 6.06. The van der Waals surface area contributed by atoms with Gasteiger partial charge < -0.3 is 14.6 Å². The molecule has 0 bridgehead atoms. The zero-order chi connectivity index (χ0) is 21.0. The second kappa shape index (κ2) is 8.52. The first-order valence-electron chi connectivity index (χ1n) is 9.86. The van der Waals surface area contributed by atoms with Gasteiger partial charge in [0.1, 0.15) is 12.4 Å². The maximum absolute atomic E-state index is 12.1. The number of amides is 1. The van der Waals surface area contributed by atoms with Gasteiger partial charge in [-0.1, -0.05) is 56.3 Å². The smallest absolute Gasteiger partial charge is 0.273 e. The van der Waals surface area contributed by atoms with Crippen LogP contribution in [0.15, 0.2) is 53.1 Å². The van der Waals surface area contributed by atoms with Crippen molar-refractivity contribution in [2.45, 2.75) is 46.6 Å².